The van der Waals surface area contributed by atoms with Crippen LogP contribution in [0.2, 0.25) is 0 Å². The summed E-state index contributed by atoms with van der Waals surface area (Å²) in [6.45, 7) is 2.38. The summed E-state index contributed by atoms with van der Waals surface area (Å²) < 4.78 is 50.7. The molecule has 4 aromatic carbocycles. The SMILES string of the molecule is C1CC2CC2C1.Fc1ccc(C[C@@H]2CC[C@@H]3C[C@@H]32)cc1.Fc1ccc(C[C@@H]2NC[C@@H]3C[C@@H]32)cc1.Fc1ccc(C[C@H]2CC[C@@H]3C[C@H]23)cc1.Fc1ccc(C[C@H]2NC[C@@H]3C[C@@H]32)cc1. The molecule has 8 saturated carbocycles. The molecule has 330 valence electrons. The predicted octanol–water partition coefficient (Wildman–Crippen LogP) is 12.6. The largest absolute Gasteiger partial charge is 0.313 e. The smallest absolute Gasteiger partial charge is 0.123 e. The lowest BCUT2D eigenvalue weighted by atomic mass is 9.95. The molecular formula is C56H68F4N2. The lowest BCUT2D eigenvalue weighted by Gasteiger charge is -2.12. The van der Waals surface area contributed by atoms with Gasteiger partial charge in [0.1, 0.15) is 23.3 Å². The Balaban J connectivity index is 0.0000000941. The number of rotatable bonds is 8. The van der Waals surface area contributed by atoms with Gasteiger partial charge < -0.3 is 10.6 Å². The van der Waals surface area contributed by atoms with Crippen molar-refractivity contribution < 1.29 is 17.6 Å². The van der Waals surface area contributed by atoms with Crippen LogP contribution in [-0.2, 0) is 25.7 Å². The molecule has 2 N–H and O–H groups in total. The fourth-order valence-electron chi connectivity index (χ4n) is 12.8. The molecule has 2 aliphatic heterocycles. The van der Waals surface area contributed by atoms with Crippen molar-refractivity contribution in [1.82, 2.24) is 10.6 Å². The van der Waals surface area contributed by atoms with Crippen molar-refractivity contribution in [3.63, 3.8) is 0 Å². The molecule has 4 aromatic rings. The summed E-state index contributed by atoms with van der Waals surface area (Å²) in [5.74, 6) is 11.5. The van der Waals surface area contributed by atoms with Gasteiger partial charge in [-0.1, -0.05) is 67.8 Å². The summed E-state index contributed by atoms with van der Waals surface area (Å²) in [5.41, 5.74) is 5.11. The second-order valence-electron chi connectivity index (χ2n) is 21.4. The van der Waals surface area contributed by atoms with Gasteiger partial charge in [-0.05, 0) is 238 Å². The molecule has 14 rings (SSSR count). The second-order valence-corrected chi connectivity index (χ2v) is 21.4. The van der Waals surface area contributed by atoms with Crippen LogP contribution in [0.1, 0.15) is 99.3 Å². The average Bonchev–Trinajstić information content (AvgIpc) is 4.18. The standard InChI is InChI=1S/2C13H15F.2C12H14FN.C6H10/c2*14-12-5-1-9(2-6-12)7-10-3-4-11-8-13(10)11;2*13-10-3-1-8(2-4-10)5-12-11-6-9(11)7-14-12;1-2-5-4-6(5)3-1/h2*1-2,5-6,10-11,13H,3-4,7-8H2;2*1-4,9,11-12,14H,5-7H2;5-6H,1-4H2/t10-,11+,13+;10-,11-,13-;9-,11-,12+;9-,11-,12-;/m0100./s1. The van der Waals surface area contributed by atoms with Crippen molar-refractivity contribution in [2.24, 2.45) is 71.0 Å². The third-order valence-electron chi connectivity index (χ3n) is 17.0. The number of benzene rings is 4. The minimum absolute atomic E-state index is 0.121. The van der Waals surface area contributed by atoms with Gasteiger partial charge in [-0.2, -0.15) is 0 Å². The average molecular weight is 845 g/mol. The molecule has 8 aliphatic carbocycles. The molecule has 2 heterocycles. The number of nitrogens with one attached hydrogen (secondary N) is 2. The zero-order chi connectivity index (χ0) is 42.2. The summed E-state index contributed by atoms with van der Waals surface area (Å²) in [4.78, 5) is 0. The maximum absolute atomic E-state index is 12.7. The van der Waals surface area contributed by atoms with Crippen molar-refractivity contribution in [2.75, 3.05) is 13.1 Å². The molecule has 2 unspecified atom stereocenters. The van der Waals surface area contributed by atoms with Gasteiger partial charge in [0.25, 0.3) is 0 Å². The van der Waals surface area contributed by atoms with E-state index in [1.807, 2.05) is 48.5 Å². The Morgan fingerprint density at radius 3 is 0.903 bits per heavy atom. The number of hydrogen-bond acceptors (Lipinski definition) is 2. The molecule has 2 nitrogen and oxygen atoms in total. The van der Waals surface area contributed by atoms with E-state index in [-0.39, 0.29) is 23.3 Å². The van der Waals surface area contributed by atoms with Gasteiger partial charge in [-0.25, -0.2) is 17.6 Å². The highest BCUT2D eigenvalue weighted by atomic mass is 19.1. The van der Waals surface area contributed by atoms with Gasteiger partial charge in [0.2, 0.25) is 0 Å². The van der Waals surface area contributed by atoms with E-state index < -0.39 is 0 Å². The lowest BCUT2D eigenvalue weighted by Crippen LogP contribution is -2.28. The first kappa shape index (κ1) is 42.5. The first-order valence-electron chi connectivity index (χ1n) is 24.7. The molecule has 2 saturated heterocycles. The van der Waals surface area contributed by atoms with Crippen molar-refractivity contribution in [1.29, 1.82) is 0 Å². The Morgan fingerprint density at radius 2 is 0.677 bits per heavy atom. The normalized spacial score (nSPS) is 35.9. The zero-order valence-corrected chi connectivity index (χ0v) is 36.6. The van der Waals surface area contributed by atoms with Gasteiger partial charge in [0.05, 0.1) is 0 Å². The molecule has 0 bridgehead atoms. The fraction of sp³-hybridized carbons (Fsp3) is 0.571. The Bertz CT molecular complexity index is 1770. The van der Waals surface area contributed by atoms with Crippen LogP contribution in [-0.4, -0.2) is 25.2 Å². The van der Waals surface area contributed by atoms with E-state index in [0.29, 0.717) is 12.1 Å². The van der Waals surface area contributed by atoms with Crippen LogP contribution < -0.4 is 10.6 Å². The molecule has 6 heteroatoms. The van der Waals surface area contributed by atoms with Crippen molar-refractivity contribution in [2.45, 2.75) is 115 Å². The van der Waals surface area contributed by atoms with Crippen LogP contribution in [0.25, 0.3) is 0 Å². The maximum atomic E-state index is 12.7. The highest BCUT2D eigenvalue weighted by Crippen LogP contribution is 2.57. The van der Waals surface area contributed by atoms with Gasteiger partial charge in [0.15, 0.2) is 0 Å². The van der Waals surface area contributed by atoms with E-state index in [1.54, 1.807) is 67.8 Å². The molecule has 0 radical (unpaired) electrons. The van der Waals surface area contributed by atoms with E-state index in [2.05, 4.69) is 10.6 Å². The van der Waals surface area contributed by atoms with Crippen LogP contribution in [0.15, 0.2) is 97.1 Å². The third-order valence-corrected chi connectivity index (χ3v) is 17.0. The van der Waals surface area contributed by atoms with Gasteiger partial charge >= 0.3 is 0 Å². The quantitative estimate of drug-likeness (QED) is 0.173. The van der Waals surface area contributed by atoms with E-state index >= 15 is 0 Å². The number of piperidine rings is 2. The van der Waals surface area contributed by atoms with Crippen LogP contribution in [0.4, 0.5) is 17.6 Å². The van der Waals surface area contributed by atoms with E-state index in [4.69, 9.17) is 0 Å². The van der Waals surface area contributed by atoms with E-state index in [1.165, 1.54) is 118 Å². The summed E-state index contributed by atoms with van der Waals surface area (Å²) in [5, 5.41) is 7.05. The third kappa shape index (κ3) is 11.2. The second kappa shape index (κ2) is 18.9. The lowest BCUT2D eigenvalue weighted by molar-refractivity contribution is 0.477. The first-order chi connectivity index (χ1) is 30.3. The Labute approximate surface area is 368 Å². The molecule has 0 aromatic heterocycles. The molecular weight excluding hydrogens is 777 g/mol. The van der Waals surface area contributed by atoms with Crippen LogP contribution in [0, 0.1) is 94.3 Å². The molecule has 62 heavy (non-hydrogen) atoms. The first-order valence-corrected chi connectivity index (χ1v) is 24.7. The molecule has 0 spiro atoms. The number of halogens is 4. The fourth-order valence-corrected chi connectivity index (χ4v) is 12.8. The summed E-state index contributed by atoms with van der Waals surface area (Å²) in [6, 6.07) is 29.1. The summed E-state index contributed by atoms with van der Waals surface area (Å²) in [6.07, 6.45) is 22.1. The monoisotopic (exact) mass is 845 g/mol. The minimum atomic E-state index is -0.141. The summed E-state index contributed by atoms with van der Waals surface area (Å²) in [7, 11) is 0. The van der Waals surface area contributed by atoms with Gasteiger partial charge in [0, 0.05) is 12.1 Å². The predicted molar refractivity (Wildman–Crippen MR) is 241 cm³/mol. The van der Waals surface area contributed by atoms with Crippen LogP contribution in [0.3, 0.4) is 0 Å². The van der Waals surface area contributed by atoms with Crippen molar-refractivity contribution in [3.05, 3.63) is 143 Å². The van der Waals surface area contributed by atoms with E-state index in [9.17, 15) is 17.6 Å². The zero-order valence-electron chi connectivity index (χ0n) is 36.6. The number of hydrogen-bond donors (Lipinski definition) is 2. The molecule has 0 amide bonds. The minimum Gasteiger partial charge on any atom is -0.313 e. The topological polar surface area (TPSA) is 24.1 Å². The van der Waals surface area contributed by atoms with Gasteiger partial charge in [-0.3, -0.25) is 0 Å². The molecule has 10 aliphatic rings. The summed E-state index contributed by atoms with van der Waals surface area (Å²) >= 11 is 0. The van der Waals surface area contributed by atoms with Crippen LogP contribution in [0.5, 0.6) is 0 Å². The number of fused-ring (bicyclic) bond motifs is 5. The maximum Gasteiger partial charge on any atom is 0.123 e. The molecule has 14 atom stereocenters. The van der Waals surface area contributed by atoms with Crippen molar-refractivity contribution >= 4 is 0 Å². The molecule has 10 fully saturated rings. The Kier molecular flexibility index (Phi) is 13.0. The highest BCUT2D eigenvalue weighted by Gasteiger charge is 2.49. The van der Waals surface area contributed by atoms with Gasteiger partial charge in [-0.15, -0.1) is 0 Å². The van der Waals surface area contributed by atoms with Crippen molar-refractivity contribution in [3.8, 4) is 0 Å². The Hall–Kier alpha value is -3.48. The van der Waals surface area contributed by atoms with Crippen LogP contribution >= 0.6 is 0 Å². The highest BCUT2D eigenvalue weighted by molar-refractivity contribution is 5.22. The Morgan fingerprint density at radius 1 is 0.339 bits per heavy atom. The van der Waals surface area contributed by atoms with E-state index in [0.717, 1.165) is 72.0 Å².